The van der Waals surface area contributed by atoms with Crippen LogP contribution in [0.1, 0.15) is 32.6 Å². The molecule has 1 N–H and O–H groups in total. The zero-order chi connectivity index (χ0) is 13.7. The minimum absolute atomic E-state index is 0.358. The van der Waals surface area contributed by atoms with Gasteiger partial charge in [-0.3, -0.25) is 4.79 Å². The third kappa shape index (κ3) is 3.68. The number of carboxylic acids is 1. The van der Waals surface area contributed by atoms with Crippen molar-refractivity contribution in [1.29, 1.82) is 0 Å². The van der Waals surface area contributed by atoms with Crippen molar-refractivity contribution in [3.63, 3.8) is 0 Å². The molecule has 5 nitrogen and oxygen atoms in total. The molecule has 2 aliphatic rings. The van der Waals surface area contributed by atoms with Gasteiger partial charge in [0.05, 0.1) is 11.5 Å². The number of nitrogens with zero attached hydrogens (tertiary/aromatic N) is 1. The molecule has 5 heteroatoms. The zero-order valence-corrected chi connectivity index (χ0v) is 11.8. The predicted octanol–water partition coefficient (Wildman–Crippen LogP) is 1.37. The van der Waals surface area contributed by atoms with Crippen LogP contribution in [0.15, 0.2) is 0 Å². The van der Waals surface area contributed by atoms with Gasteiger partial charge in [-0.15, -0.1) is 0 Å². The van der Waals surface area contributed by atoms with E-state index in [9.17, 15) is 9.90 Å². The molecule has 110 valence electrons. The number of piperidine rings is 1. The summed E-state index contributed by atoms with van der Waals surface area (Å²) in [7, 11) is 0. The van der Waals surface area contributed by atoms with E-state index in [1.807, 2.05) is 6.92 Å². The van der Waals surface area contributed by atoms with Crippen molar-refractivity contribution < 1.29 is 19.4 Å². The summed E-state index contributed by atoms with van der Waals surface area (Å²) in [6.07, 6.45) is 3.65. The van der Waals surface area contributed by atoms with Crippen molar-refractivity contribution in [3.8, 4) is 0 Å². The molecule has 0 saturated carbocycles. The summed E-state index contributed by atoms with van der Waals surface area (Å²) in [5.74, 6) is -0.664. The Morgan fingerprint density at radius 3 is 2.53 bits per heavy atom. The molecule has 19 heavy (non-hydrogen) atoms. The molecule has 0 aromatic carbocycles. The Balaban J connectivity index is 1.87. The number of carbonyl (C=O) groups is 1. The zero-order valence-electron chi connectivity index (χ0n) is 11.8. The number of hydrogen-bond acceptors (Lipinski definition) is 4. The fraction of sp³-hybridized carbons (Fsp3) is 0.929. The Morgan fingerprint density at radius 1 is 1.37 bits per heavy atom. The summed E-state index contributed by atoms with van der Waals surface area (Å²) in [6, 6.07) is 0. The minimum atomic E-state index is -0.664. The van der Waals surface area contributed by atoms with Crippen LogP contribution in [0.5, 0.6) is 0 Å². The second kappa shape index (κ2) is 6.68. The maximum atomic E-state index is 11.6. The van der Waals surface area contributed by atoms with Crippen molar-refractivity contribution in [2.24, 2.45) is 5.41 Å². The average Bonchev–Trinajstić information content (AvgIpc) is 2.42. The Bertz CT molecular complexity index is 294. The lowest BCUT2D eigenvalue weighted by Crippen LogP contribution is -2.49. The average molecular weight is 271 g/mol. The Labute approximate surface area is 114 Å². The molecule has 2 saturated heterocycles. The van der Waals surface area contributed by atoms with Gasteiger partial charge in [-0.25, -0.2) is 0 Å². The minimum Gasteiger partial charge on any atom is -0.481 e. The van der Waals surface area contributed by atoms with Crippen LogP contribution >= 0.6 is 0 Å². The summed E-state index contributed by atoms with van der Waals surface area (Å²) >= 11 is 0. The standard InChI is InChI=1S/C14H25NO4/c1-2-19-12-3-7-15(8-4-12)11-14(13(16)17)5-9-18-10-6-14/h12H,2-11H2,1H3,(H,16,17). The van der Waals surface area contributed by atoms with E-state index in [0.717, 1.165) is 32.5 Å². The first kappa shape index (κ1) is 14.8. The van der Waals surface area contributed by atoms with Crippen molar-refractivity contribution in [3.05, 3.63) is 0 Å². The van der Waals surface area contributed by atoms with Crippen LogP contribution in [-0.2, 0) is 14.3 Å². The first-order chi connectivity index (χ1) is 9.16. The lowest BCUT2D eigenvalue weighted by atomic mass is 9.79. The fourth-order valence-corrected chi connectivity index (χ4v) is 3.10. The summed E-state index contributed by atoms with van der Waals surface area (Å²) in [6.45, 7) is 6.48. The van der Waals surface area contributed by atoms with Gasteiger partial charge in [0.1, 0.15) is 0 Å². The normalized spacial score (nSPS) is 25.3. The first-order valence-corrected chi connectivity index (χ1v) is 7.31. The van der Waals surface area contributed by atoms with Crippen LogP contribution in [0, 0.1) is 5.41 Å². The van der Waals surface area contributed by atoms with E-state index in [1.54, 1.807) is 0 Å². The highest BCUT2D eigenvalue weighted by Crippen LogP contribution is 2.33. The Hall–Kier alpha value is -0.650. The van der Waals surface area contributed by atoms with Crippen molar-refractivity contribution in [2.45, 2.75) is 38.7 Å². The number of ether oxygens (including phenoxy) is 2. The summed E-state index contributed by atoms with van der Waals surface area (Å²) in [4.78, 5) is 13.9. The van der Waals surface area contributed by atoms with Crippen LogP contribution in [-0.4, -0.2) is 61.5 Å². The molecule has 2 fully saturated rings. The van der Waals surface area contributed by atoms with E-state index >= 15 is 0 Å². The topological polar surface area (TPSA) is 59.0 Å². The van der Waals surface area contributed by atoms with Gasteiger partial charge in [0, 0.05) is 39.5 Å². The fourth-order valence-electron chi connectivity index (χ4n) is 3.10. The van der Waals surface area contributed by atoms with E-state index in [2.05, 4.69) is 4.90 Å². The predicted molar refractivity (Wildman–Crippen MR) is 71.2 cm³/mol. The quantitative estimate of drug-likeness (QED) is 0.818. The second-order valence-electron chi connectivity index (χ2n) is 5.63. The van der Waals surface area contributed by atoms with Crippen LogP contribution < -0.4 is 0 Å². The highest BCUT2D eigenvalue weighted by Gasteiger charge is 2.42. The van der Waals surface area contributed by atoms with Crippen LogP contribution in [0.4, 0.5) is 0 Å². The molecule has 0 aromatic rings. The van der Waals surface area contributed by atoms with Crippen molar-refractivity contribution in [2.75, 3.05) is 39.5 Å². The molecule has 0 unspecified atom stereocenters. The number of rotatable bonds is 5. The van der Waals surface area contributed by atoms with Gasteiger partial charge < -0.3 is 19.5 Å². The molecule has 2 heterocycles. The smallest absolute Gasteiger partial charge is 0.311 e. The summed E-state index contributed by atoms with van der Waals surface area (Å²) < 4.78 is 10.9. The molecule has 0 atom stereocenters. The SMILES string of the molecule is CCOC1CCN(CC2(C(=O)O)CCOCC2)CC1. The Morgan fingerprint density at radius 2 is 2.00 bits per heavy atom. The van der Waals surface area contributed by atoms with E-state index in [4.69, 9.17) is 9.47 Å². The summed E-state index contributed by atoms with van der Waals surface area (Å²) in [5.41, 5.74) is -0.600. The highest BCUT2D eigenvalue weighted by molar-refractivity contribution is 5.75. The van der Waals surface area contributed by atoms with Gasteiger partial charge in [-0.05, 0) is 32.6 Å². The third-order valence-corrected chi connectivity index (χ3v) is 4.37. The largest absolute Gasteiger partial charge is 0.481 e. The molecule has 0 radical (unpaired) electrons. The molecule has 0 amide bonds. The molecule has 0 aliphatic carbocycles. The molecule has 0 spiro atoms. The lowest BCUT2D eigenvalue weighted by molar-refractivity contribution is -0.157. The molecule has 2 rings (SSSR count). The van der Waals surface area contributed by atoms with Gasteiger partial charge in [0.2, 0.25) is 0 Å². The van der Waals surface area contributed by atoms with Gasteiger partial charge in [0.25, 0.3) is 0 Å². The van der Waals surface area contributed by atoms with Gasteiger partial charge in [-0.2, -0.15) is 0 Å². The molecular weight excluding hydrogens is 246 g/mol. The number of carboxylic acid groups (broad SMARTS) is 1. The number of aliphatic carboxylic acids is 1. The highest BCUT2D eigenvalue weighted by atomic mass is 16.5. The maximum Gasteiger partial charge on any atom is 0.311 e. The van der Waals surface area contributed by atoms with Gasteiger partial charge >= 0.3 is 5.97 Å². The van der Waals surface area contributed by atoms with E-state index in [-0.39, 0.29) is 0 Å². The second-order valence-corrected chi connectivity index (χ2v) is 5.63. The lowest BCUT2D eigenvalue weighted by Gasteiger charge is -2.40. The molecular formula is C14H25NO4. The first-order valence-electron chi connectivity index (χ1n) is 7.31. The van der Waals surface area contributed by atoms with Gasteiger partial charge in [-0.1, -0.05) is 0 Å². The maximum absolute atomic E-state index is 11.6. The van der Waals surface area contributed by atoms with Crippen LogP contribution in [0.2, 0.25) is 0 Å². The van der Waals surface area contributed by atoms with Crippen LogP contribution in [0.3, 0.4) is 0 Å². The van der Waals surface area contributed by atoms with E-state index < -0.39 is 11.4 Å². The molecule has 2 aliphatic heterocycles. The monoisotopic (exact) mass is 271 g/mol. The molecule has 0 bridgehead atoms. The van der Waals surface area contributed by atoms with E-state index in [0.29, 0.717) is 38.7 Å². The van der Waals surface area contributed by atoms with Gasteiger partial charge in [0.15, 0.2) is 0 Å². The Kier molecular flexibility index (Phi) is 5.19. The summed E-state index contributed by atoms with van der Waals surface area (Å²) in [5, 5.41) is 9.55. The van der Waals surface area contributed by atoms with Crippen molar-refractivity contribution >= 4 is 5.97 Å². The molecule has 0 aromatic heterocycles. The third-order valence-electron chi connectivity index (χ3n) is 4.37. The van der Waals surface area contributed by atoms with Crippen molar-refractivity contribution in [1.82, 2.24) is 4.90 Å². The van der Waals surface area contributed by atoms with E-state index in [1.165, 1.54) is 0 Å². The number of hydrogen-bond donors (Lipinski definition) is 1. The number of likely N-dealkylation sites (tertiary alicyclic amines) is 1. The van der Waals surface area contributed by atoms with Crippen LogP contribution in [0.25, 0.3) is 0 Å².